The Labute approximate surface area is 130 Å². The van der Waals surface area contributed by atoms with Gasteiger partial charge in [-0.1, -0.05) is 30.3 Å². The van der Waals surface area contributed by atoms with Crippen molar-refractivity contribution in [1.29, 1.82) is 0 Å². The molecule has 1 unspecified atom stereocenters. The van der Waals surface area contributed by atoms with Crippen LogP contribution in [0.3, 0.4) is 0 Å². The predicted molar refractivity (Wildman–Crippen MR) is 87.7 cm³/mol. The third-order valence-corrected chi connectivity index (χ3v) is 3.59. The van der Waals surface area contributed by atoms with Crippen molar-refractivity contribution in [2.45, 2.75) is 12.5 Å². The highest BCUT2D eigenvalue weighted by molar-refractivity contribution is 5.88. The van der Waals surface area contributed by atoms with Gasteiger partial charge >= 0.3 is 0 Å². The third-order valence-electron chi connectivity index (χ3n) is 3.59. The summed E-state index contributed by atoms with van der Waals surface area (Å²) in [5.74, 6) is 2.56. The van der Waals surface area contributed by atoms with Crippen LogP contribution < -0.4 is 14.8 Å². The summed E-state index contributed by atoms with van der Waals surface area (Å²) in [4.78, 5) is 4.59. The third kappa shape index (κ3) is 3.39. The molecule has 1 aliphatic heterocycles. The molecule has 22 heavy (non-hydrogen) atoms. The molecule has 114 valence electrons. The maximum atomic E-state index is 6.18. The Morgan fingerprint density at radius 1 is 1.00 bits per heavy atom. The van der Waals surface area contributed by atoms with Crippen LogP contribution in [0.4, 0.5) is 0 Å². The molecular weight excluding hydrogens is 276 g/mol. The smallest absolute Gasteiger partial charge is 0.180 e. The van der Waals surface area contributed by atoms with Gasteiger partial charge in [0.1, 0.15) is 17.3 Å². The first-order chi connectivity index (χ1) is 10.9. The number of para-hydroxylation sites is 1. The van der Waals surface area contributed by atoms with E-state index in [1.54, 1.807) is 7.11 Å². The number of aliphatic imine (C=N–C) groups is 1. The van der Waals surface area contributed by atoms with E-state index in [2.05, 4.69) is 10.3 Å². The molecule has 1 heterocycles. The van der Waals surface area contributed by atoms with Crippen LogP contribution in [-0.4, -0.2) is 26.0 Å². The summed E-state index contributed by atoms with van der Waals surface area (Å²) < 4.78 is 11.4. The molecule has 3 rings (SSSR count). The molecule has 0 bridgehead atoms. The van der Waals surface area contributed by atoms with Crippen LogP contribution in [0.2, 0.25) is 0 Å². The first-order valence-corrected chi connectivity index (χ1v) is 7.50. The van der Waals surface area contributed by atoms with Crippen molar-refractivity contribution in [2.24, 2.45) is 4.99 Å². The van der Waals surface area contributed by atoms with Gasteiger partial charge in [-0.15, -0.1) is 0 Å². The van der Waals surface area contributed by atoms with Crippen LogP contribution in [0.15, 0.2) is 59.6 Å². The molecule has 0 saturated heterocycles. The van der Waals surface area contributed by atoms with Gasteiger partial charge in [-0.3, -0.25) is 4.99 Å². The highest BCUT2D eigenvalue weighted by Gasteiger charge is 2.22. The number of benzene rings is 2. The summed E-state index contributed by atoms with van der Waals surface area (Å²) in [5.41, 5.74) is 1.05. The van der Waals surface area contributed by atoms with E-state index < -0.39 is 0 Å². The molecular formula is C18H20N2O2. The summed E-state index contributed by atoms with van der Waals surface area (Å²) >= 11 is 0. The first-order valence-electron chi connectivity index (χ1n) is 7.50. The molecule has 1 aliphatic rings. The maximum absolute atomic E-state index is 6.18. The standard InChI is InChI=1S/C18H20N2O2/c1-21-15-10-8-14(9-11-15)17(18-19-12-5-13-20-18)22-16-6-3-2-4-7-16/h2-4,6-11,17H,5,12-13H2,1H3,(H,19,20). The molecule has 0 spiro atoms. The Morgan fingerprint density at radius 3 is 2.41 bits per heavy atom. The molecule has 0 saturated carbocycles. The maximum Gasteiger partial charge on any atom is 0.180 e. The van der Waals surface area contributed by atoms with Crippen LogP contribution in [0, 0.1) is 0 Å². The van der Waals surface area contributed by atoms with Gasteiger partial charge in [-0.2, -0.15) is 0 Å². The molecule has 2 aromatic rings. The van der Waals surface area contributed by atoms with E-state index in [-0.39, 0.29) is 6.10 Å². The minimum Gasteiger partial charge on any atom is -0.497 e. The zero-order valence-electron chi connectivity index (χ0n) is 12.7. The van der Waals surface area contributed by atoms with Crippen molar-refractivity contribution in [3.8, 4) is 11.5 Å². The van der Waals surface area contributed by atoms with Crippen LogP contribution in [-0.2, 0) is 0 Å². The summed E-state index contributed by atoms with van der Waals surface area (Å²) in [5, 5.41) is 3.36. The van der Waals surface area contributed by atoms with E-state index in [1.807, 2.05) is 54.6 Å². The van der Waals surface area contributed by atoms with E-state index in [1.165, 1.54) is 0 Å². The Kier molecular flexibility index (Phi) is 4.59. The second-order valence-electron chi connectivity index (χ2n) is 5.13. The topological polar surface area (TPSA) is 42.9 Å². The fraction of sp³-hybridized carbons (Fsp3) is 0.278. The van der Waals surface area contributed by atoms with Gasteiger partial charge in [-0.05, 0) is 30.7 Å². The lowest BCUT2D eigenvalue weighted by Crippen LogP contribution is -2.36. The van der Waals surface area contributed by atoms with Crippen molar-refractivity contribution in [2.75, 3.05) is 20.2 Å². The van der Waals surface area contributed by atoms with E-state index in [0.29, 0.717) is 0 Å². The molecule has 0 aliphatic carbocycles. The predicted octanol–water partition coefficient (Wildman–Crippen LogP) is 3.21. The number of amidine groups is 1. The number of hydrogen-bond donors (Lipinski definition) is 1. The largest absolute Gasteiger partial charge is 0.497 e. The Hall–Kier alpha value is -2.49. The zero-order valence-corrected chi connectivity index (χ0v) is 12.7. The number of rotatable bonds is 5. The molecule has 0 amide bonds. The molecule has 0 aromatic heterocycles. The highest BCUT2D eigenvalue weighted by Crippen LogP contribution is 2.25. The van der Waals surface area contributed by atoms with Gasteiger partial charge in [0, 0.05) is 18.7 Å². The molecule has 4 nitrogen and oxygen atoms in total. The number of nitrogens with zero attached hydrogens (tertiary/aromatic N) is 1. The van der Waals surface area contributed by atoms with E-state index in [4.69, 9.17) is 9.47 Å². The minimum atomic E-state index is -0.228. The van der Waals surface area contributed by atoms with Crippen molar-refractivity contribution in [3.05, 3.63) is 60.2 Å². The summed E-state index contributed by atoms with van der Waals surface area (Å²) in [6.07, 6.45) is 0.832. The number of hydrogen-bond acceptors (Lipinski definition) is 4. The summed E-state index contributed by atoms with van der Waals surface area (Å²) in [6, 6.07) is 17.8. The molecule has 0 fully saturated rings. The lowest BCUT2D eigenvalue weighted by molar-refractivity contribution is 0.267. The SMILES string of the molecule is COc1ccc(C(Oc2ccccc2)C2=NCCCN2)cc1. The van der Waals surface area contributed by atoms with Crippen LogP contribution in [0.5, 0.6) is 11.5 Å². The van der Waals surface area contributed by atoms with Crippen LogP contribution in [0.25, 0.3) is 0 Å². The van der Waals surface area contributed by atoms with E-state index in [9.17, 15) is 0 Å². The zero-order chi connectivity index (χ0) is 15.2. The van der Waals surface area contributed by atoms with Gasteiger partial charge in [-0.25, -0.2) is 0 Å². The van der Waals surface area contributed by atoms with Gasteiger partial charge in [0.25, 0.3) is 0 Å². The van der Waals surface area contributed by atoms with Crippen molar-refractivity contribution >= 4 is 5.84 Å². The number of ether oxygens (including phenoxy) is 2. The summed E-state index contributed by atoms with van der Waals surface area (Å²) in [6.45, 7) is 1.77. The van der Waals surface area contributed by atoms with Crippen LogP contribution in [0.1, 0.15) is 18.1 Å². The van der Waals surface area contributed by atoms with Crippen molar-refractivity contribution in [1.82, 2.24) is 5.32 Å². The van der Waals surface area contributed by atoms with Crippen LogP contribution >= 0.6 is 0 Å². The highest BCUT2D eigenvalue weighted by atomic mass is 16.5. The Morgan fingerprint density at radius 2 is 1.77 bits per heavy atom. The van der Waals surface area contributed by atoms with E-state index >= 15 is 0 Å². The Bertz CT molecular complexity index is 623. The minimum absolute atomic E-state index is 0.228. The second-order valence-corrected chi connectivity index (χ2v) is 5.13. The molecule has 4 heteroatoms. The molecule has 2 aromatic carbocycles. The molecule has 1 N–H and O–H groups in total. The van der Waals surface area contributed by atoms with Gasteiger partial charge in [0.2, 0.25) is 0 Å². The van der Waals surface area contributed by atoms with Gasteiger partial charge < -0.3 is 14.8 Å². The van der Waals surface area contributed by atoms with Crippen molar-refractivity contribution < 1.29 is 9.47 Å². The fourth-order valence-corrected chi connectivity index (χ4v) is 2.42. The lowest BCUT2D eigenvalue weighted by atomic mass is 10.1. The van der Waals surface area contributed by atoms with Crippen molar-refractivity contribution in [3.63, 3.8) is 0 Å². The van der Waals surface area contributed by atoms with E-state index in [0.717, 1.165) is 42.4 Å². The fourth-order valence-electron chi connectivity index (χ4n) is 2.42. The normalized spacial score (nSPS) is 15.4. The Balaban J connectivity index is 1.89. The van der Waals surface area contributed by atoms with Gasteiger partial charge in [0.15, 0.2) is 6.10 Å². The lowest BCUT2D eigenvalue weighted by Gasteiger charge is -2.25. The average molecular weight is 296 g/mol. The second kappa shape index (κ2) is 6.98. The number of nitrogens with one attached hydrogen (secondary N) is 1. The molecule has 0 radical (unpaired) electrons. The van der Waals surface area contributed by atoms with Gasteiger partial charge in [0.05, 0.1) is 7.11 Å². The molecule has 1 atom stereocenters. The first kappa shape index (κ1) is 14.4. The average Bonchev–Trinajstić information content (AvgIpc) is 2.61. The number of methoxy groups -OCH3 is 1. The monoisotopic (exact) mass is 296 g/mol. The quantitative estimate of drug-likeness (QED) is 0.921. The summed E-state index contributed by atoms with van der Waals surface area (Å²) in [7, 11) is 1.67.